The van der Waals surface area contributed by atoms with Gasteiger partial charge >= 0.3 is 0 Å². The smallest absolute Gasteiger partial charge is 0.257 e. The van der Waals surface area contributed by atoms with Crippen molar-refractivity contribution in [3.63, 3.8) is 0 Å². The minimum atomic E-state index is -3.21. The Labute approximate surface area is 217 Å². The summed E-state index contributed by atoms with van der Waals surface area (Å²) >= 11 is 1.48. The molecular weight excluding hydrogens is 522 g/mol. The van der Waals surface area contributed by atoms with Crippen LogP contribution >= 0.6 is 11.3 Å². The van der Waals surface area contributed by atoms with Crippen LogP contribution in [-0.2, 0) is 16.6 Å². The molecule has 0 bridgehead atoms. The van der Waals surface area contributed by atoms with Crippen LogP contribution in [0.4, 0.5) is 13.9 Å². The molecule has 9 nitrogen and oxygen atoms in total. The lowest BCUT2D eigenvalue weighted by atomic mass is 10.1. The maximum Gasteiger partial charge on any atom is 0.257 e. The van der Waals surface area contributed by atoms with Gasteiger partial charge in [0.15, 0.2) is 5.13 Å². The molecule has 1 saturated heterocycles. The Bertz CT molecular complexity index is 1490. The molecule has 0 spiro atoms. The van der Waals surface area contributed by atoms with Crippen LogP contribution in [0.2, 0.25) is 0 Å². The summed E-state index contributed by atoms with van der Waals surface area (Å²) in [4.78, 5) is 8.95. The van der Waals surface area contributed by atoms with Crippen molar-refractivity contribution < 1.29 is 21.9 Å². The van der Waals surface area contributed by atoms with Gasteiger partial charge in [0.05, 0.1) is 27.9 Å². The van der Waals surface area contributed by atoms with Crippen molar-refractivity contribution in [2.45, 2.75) is 38.8 Å². The number of benzene rings is 1. The molecule has 0 saturated carbocycles. The van der Waals surface area contributed by atoms with Gasteiger partial charge in [-0.2, -0.15) is 9.40 Å². The fourth-order valence-electron chi connectivity index (χ4n) is 4.21. The van der Waals surface area contributed by atoms with Gasteiger partial charge in [-0.1, -0.05) is 11.3 Å². The van der Waals surface area contributed by atoms with Crippen LogP contribution < -0.4 is 10.1 Å². The number of hydrogen-bond donors (Lipinski definition) is 1. The standard InChI is InChI=1S/C24H26F2N6O3S2/c1-2-37(33,34)32-9-3-4-17(14-32)29-24-30-20-6-5-18(11-22(20)36-24)35-19-7-8-27-21(10-19)16-12-28-31(13-16)15-23(25)26/h5-8,10-13,17,23H,2-4,9,14-15H2,1H3,(H,29,30). The van der Waals surface area contributed by atoms with Crippen molar-refractivity contribution in [1.82, 2.24) is 24.1 Å². The lowest BCUT2D eigenvalue weighted by molar-refractivity contribution is 0.122. The molecule has 1 aliphatic rings. The molecule has 4 heterocycles. The predicted molar refractivity (Wildman–Crippen MR) is 139 cm³/mol. The molecule has 0 radical (unpaired) electrons. The van der Waals surface area contributed by atoms with Gasteiger partial charge in [-0.05, 0) is 38.0 Å². The second-order valence-electron chi connectivity index (χ2n) is 8.71. The molecule has 4 aromatic rings. The van der Waals surface area contributed by atoms with E-state index in [4.69, 9.17) is 4.74 Å². The van der Waals surface area contributed by atoms with E-state index in [2.05, 4.69) is 20.4 Å². The van der Waals surface area contributed by atoms with Gasteiger partial charge in [-0.3, -0.25) is 9.67 Å². The second-order valence-corrected chi connectivity index (χ2v) is 12.0. The summed E-state index contributed by atoms with van der Waals surface area (Å²) in [7, 11) is -3.21. The van der Waals surface area contributed by atoms with Crippen LogP contribution in [-0.4, -0.2) is 63.8 Å². The molecule has 1 aromatic carbocycles. The average molecular weight is 549 g/mol. The van der Waals surface area contributed by atoms with Crippen LogP contribution in [0.15, 0.2) is 48.9 Å². The number of piperidine rings is 1. The van der Waals surface area contributed by atoms with E-state index in [1.165, 1.54) is 28.4 Å². The van der Waals surface area contributed by atoms with Crippen molar-refractivity contribution in [2.24, 2.45) is 0 Å². The van der Waals surface area contributed by atoms with E-state index in [0.717, 1.165) is 28.2 Å². The highest BCUT2D eigenvalue weighted by Crippen LogP contribution is 2.33. The zero-order chi connectivity index (χ0) is 26.0. The van der Waals surface area contributed by atoms with Crippen LogP contribution in [0.5, 0.6) is 11.5 Å². The summed E-state index contributed by atoms with van der Waals surface area (Å²) in [6.07, 6.45) is 3.82. The van der Waals surface area contributed by atoms with Crippen molar-refractivity contribution >= 4 is 36.7 Å². The largest absolute Gasteiger partial charge is 0.457 e. The Balaban J connectivity index is 1.28. The normalized spacial score (nSPS) is 16.9. The zero-order valence-electron chi connectivity index (χ0n) is 20.0. The van der Waals surface area contributed by atoms with Crippen LogP contribution in [0.3, 0.4) is 0 Å². The van der Waals surface area contributed by atoms with E-state index >= 15 is 0 Å². The minimum Gasteiger partial charge on any atom is -0.457 e. The maximum atomic E-state index is 12.6. The average Bonchev–Trinajstić information content (AvgIpc) is 3.50. The summed E-state index contributed by atoms with van der Waals surface area (Å²) in [5.41, 5.74) is 2.00. The quantitative estimate of drug-likeness (QED) is 0.319. The molecule has 1 N–H and O–H groups in total. The number of alkyl halides is 2. The number of anilines is 1. The SMILES string of the molecule is CCS(=O)(=O)N1CCCC(Nc2nc3ccc(Oc4ccnc(-c5cnn(CC(F)F)c5)c4)cc3s2)C1. The molecule has 5 rings (SSSR count). The molecule has 0 aliphatic carbocycles. The van der Waals surface area contributed by atoms with Crippen LogP contribution in [0, 0.1) is 0 Å². The third kappa shape index (κ3) is 6.05. The highest BCUT2D eigenvalue weighted by atomic mass is 32.2. The minimum absolute atomic E-state index is 0.00615. The number of pyridine rings is 1. The second kappa shape index (κ2) is 10.7. The Hall–Kier alpha value is -3.16. The molecule has 1 aliphatic heterocycles. The molecule has 1 unspecified atom stereocenters. The van der Waals surface area contributed by atoms with Crippen molar-refractivity contribution in [1.29, 1.82) is 0 Å². The first-order valence-electron chi connectivity index (χ1n) is 11.9. The highest BCUT2D eigenvalue weighted by molar-refractivity contribution is 7.89. The van der Waals surface area contributed by atoms with Crippen molar-refractivity contribution in [3.05, 3.63) is 48.9 Å². The maximum absolute atomic E-state index is 12.6. The van der Waals surface area contributed by atoms with Gasteiger partial charge in [0.25, 0.3) is 6.43 Å². The topological polar surface area (TPSA) is 102 Å². The summed E-state index contributed by atoms with van der Waals surface area (Å²) < 4.78 is 59.5. The van der Waals surface area contributed by atoms with Gasteiger partial charge in [0, 0.05) is 49.2 Å². The number of fused-ring (bicyclic) bond motifs is 1. The number of rotatable bonds is 9. The Morgan fingerprint density at radius 3 is 2.89 bits per heavy atom. The van der Waals surface area contributed by atoms with Crippen LogP contribution in [0.25, 0.3) is 21.5 Å². The molecule has 13 heteroatoms. The van der Waals surface area contributed by atoms with Gasteiger partial charge < -0.3 is 10.1 Å². The Morgan fingerprint density at radius 1 is 1.24 bits per heavy atom. The highest BCUT2D eigenvalue weighted by Gasteiger charge is 2.28. The number of nitrogens with zero attached hydrogens (tertiary/aromatic N) is 5. The molecule has 0 amide bonds. The zero-order valence-corrected chi connectivity index (χ0v) is 21.7. The van der Waals surface area contributed by atoms with E-state index in [1.54, 1.807) is 29.6 Å². The molecule has 1 atom stereocenters. The van der Waals surface area contributed by atoms with E-state index in [1.807, 2.05) is 18.2 Å². The summed E-state index contributed by atoms with van der Waals surface area (Å²) in [6.45, 7) is 2.19. The van der Waals surface area contributed by atoms with Gasteiger partial charge in [0.1, 0.15) is 18.0 Å². The fraction of sp³-hybridized carbons (Fsp3) is 0.375. The number of thiazole rings is 1. The number of hydrogen-bond acceptors (Lipinski definition) is 8. The first-order valence-corrected chi connectivity index (χ1v) is 14.3. The summed E-state index contributed by atoms with van der Waals surface area (Å²) in [5.74, 6) is 1.27. The van der Waals surface area contributed by atoms with E-state index in [-0.39, 0.29) is 11.8 Å². The Kier molecular flexibility index (Phi) is 7.36. The summed E-state index contributed by atoms with van der Waals surface area (Å²) in [5, 5.41) is 8.10. The van der Waals surface area contributed by atoms with E-state index in [9.17, 15) is 17.2 Å². The van der Waals surface area contributed by atoms with Crippen LogP contribution in [0.1, 0.15) is 19.8 Å². The lowest BCUT2D eigenvalue weighted by Gasteiger charge is -2.31. The molecule has 3 aromatic heterocycles. The fourth-order valence-corrected chi connectivity index (χ4v) is 6.36. The predicted octanol–water partition coefficient (Wildman–Crippen LogP) is 4.84. The van der Waals surface area contributed by atoms with Gasteiger partial charge in [0.2, 0.25) is 10.0 Å². The third-order valence-electron chi connectivity index (χ3n) is 6.05. The first kappa shape index (κ1) is 25.5. The van der Waals surface area contributed by atoms with E-state index < -0.39 is 23.0 Å². The van der Waals surface area contributed by atoms with Gasteiger partial charge in [-0.15, -0.1) is 0 Å². The Morgan fingerprint density at radius 2 is 2.08 bits per heavy atom. The van der Waals surface area contributed by atoms with Crippen molar-refractivity contribution in [2.75, 3.05) is 24.2 Å². The lowest BCUT2D eigenvalue weighted by Crippen LogP contribution is -2.45. The number of halogens is 2. The molecule has 1 fully saturated rings. The number of ether oxygens (including phenoxy) is 1. The molecule has 196 valence electrons. The number of sulfonamides is 1. The number of nitrogens with one attached hydrogen (secondary N) is 1. The summed E-state index contributed by atoms with van der Waals surface area (Å²) in [6, 6.07) is 9.04. The molecule has 37 heavy (non-hydrogen) atoms. The number of aromatic nitrogens is 4. The monoisotopic (exact) mass is 548 g/mol. The first-order chi connectivity index (χ1) is 17.8. The van der Waals surface area contributed by atoms with Crippen molar-refractivity contribution in [3.8, 4) is 22.8 Å². The van der Waals surface area contributed by atoms with Gasteiger partial charge in [-0.25, -0.2) is 22.2 Å². The van der Waals surface area contributed by atoms with E-state index in [0.29, 0.717) is 35.8 Å². The third-order valence-corrected chi connectivity index (χ3v) is 8.85. The molecular formula is C24H26F2N6O3S2.